The molecule has 0 radical (unpaired) electrons. The lowest BCUT2D eigenvalue weighted by atomic mass is 9.93. The van der Waals surface area contributed by atoms with Gasteiger partial charge in [-0.1, -0.05) is 121 Å². The quantitative estimate of drug-likeness (QED) is 0.201. The van der Waals surface area contributed by atoms with E-state index >= 15 is 0 Å². The van der Waals surface area contributed by atoms with Gasteiger partial charge in [0.2, 0.25) is 0 Å². The lowest BCUT2D eigenvalue weighted by molar-refractivity contribution is 0.668. The highest BCUT2D eigenvalue weighted by Gasteiger charge is 2.19. The van der Waals surface area contributed by atoms with Crippen LogP contribution in [0, 0.1) is 0 Å². The molecule has 208 valence electrons. The third-order valence-electron chi connectivity index (χ3n) is 8.12. The maximum atomic E-state index is 6.27. The van der Waals surface area contributed by atoms with Crippen LogP contribution in [0.4, 0.5) is 17.1 Å². The van der Waals surface area contributed by atoms with E-state index < -0.39 is 0 Å². The minimum absolute atomic E-state index is 0.763. The van der Waals surface area contributed by atoms with E-state index in [0.29, 0.717) is 0 Å². The van der Waals surface area contributed by atoms with Crippen molar-refractivity contribution in [3.63, 3.8) is 0 Å². The fraction of sp³-hybridized carbons (Fsp3) is 0. The average molecular weight is 565 g/mol. The minimum Gasteiger partial charge on any atom is -0.454 e. The summed E-state index contributed by atoms with van der Waals surface area (Å²) in [5.41, 5.74) is 12.5. The summed E-state index contributed by atoms with van der Waals surface area (Å²) in [6, 6.07) is 57.2. The number of pyridine rings is 1. The molecule has 44 heavy (non-hydrogen) atoms. The SMILES string of the molecule is c1ccc(-c2ccc(N(c3ccc(-c4ccccc4)c(-c4ccccc4)c3)c3cnc4c(c3)oc3ccccc34)cc2)cc1. The fourth-order valence-corrected chi connectivity index (χ4v) is 5.98. The van der Waals surface area contributed by atoms with Crippen molar-refractivity contribution in [3.8, 4) is 33.4 Å². The van der Waals surface area contributed by atoms with Crippen molar-refractivity contribution < 1.29 is 4.42 Å². The van der Waals surface area contributed by atoms with Crippen LogP contribution in [0.1, 0.15) is 0 Å². The average Bonchev–Trinajstić information content (AvgIpc) is 3.48. The number of aromatic nitrogens is 1. The zero-order valence-electron chi connectivity index (χ0n) is 24.0. The summed E-state index contributed by atoms with van der Waals surface area (Å²) in [7, 11) is 0. The molecule has 0 bridgehead atoms. The topological polar surface area (TPSA) is 29.3 Å². The molecule has 0 aliphatic rings. The summed E-state index contributed by atoms with van der Waals surface area (Å²) in [5, 5.41) is 1.02. The molecule has 8 rings (SSSR count). The molecule has 0 atom stereocenters. The first-order valence-corrected chi connectivity index (χ1v) is 14.8. The van der Waals surface area contributed by atoms with Crippen LogP contribution in [0.15, 0.2) is 174 Å². The Hall–Kier alpha value is -5.93. The molecule has 0 saturated carbocycles. The van der Waals surface area contributed by atoms with Gasteiger partial charge < -0.3 is 9.32 Å². The molecule has 0 aliphatic heterocycles. The molecule has 0 aliphatic carbocycles. The first-order valence-electron chi connectivity index (χ1n) is 14.8. The number of nitrogens with zero attached hydrogens (tertiary/aromatic N) is 2. The molecule has 0 unspecified atom stereocenters. The largest absolute Gasteiger partial charge is 0.454 e. The van der Waals surface area contributed by atoms with Gasteiger partial charge in [0, 0.05) is 22.8 Å². The van der Waals surface area contributed by atoms with Crippen LogP contribution < -0.4 is 4.90 Å². The Labute approximate surface area is 256 Å². The number of benzene rings is 6. The maximum absolute atomic E-state index is 6.27. The van der Waals surface area contributed by atoms with Gasteiger partial charge in [0.1, 0.15) is 11.1 Å². The molecule has 3 nitrogen and oxygen atoms in total. The molecule has 2 heterocycles. The van der Waals surface area contributed by atoms with Gasteiger partial charge in [0.15, 0.2) is 5.58 Å². The van der Waals surface area contributed by atoms with E-state index in [0.717, 1.165) is 44.7 Å². The molecule has 3 heteroatoms. The third-order valence-corrected chi connectivity index (χ3v) is 8.12. The van der Waals surface area contributed by atoms with Gasteiger partial charge in [-0.25, -0.2) is 4.98 Å². The smallest absolute Gasteiger partial charge is 0.155 e. The van der Waals surface area contributed by atoms with Crippen LogP contribution >= 0.6 is 0 Å². The summed E-state index contributed by atoms with van der Waals surface area (Å²) in [6.07, 6.45) is 1.95. The molecule has 0 N–H and O–H groups in total. The number of furan rings is 1. The van der Waals surface area contributed by atoms with Gasteiger partial charge in [-0.2, -0.15) is 0 Å². The molecule has 0 fully saturated rings. The Kier molecular flexibility index (Phi) is 6.47. The lowest BCUT2D eigenvalue weighted by Crippen LogP contribution is -2.10. The van der Waals surface area contributed by atoms with Gasteiger partial charge in [0.25, 0.3) is 0 Å². The predicted molar refractivity (Wildman–Crippen MR) is 183 cm³/mol. The predicted octanol–water partition coefficient (Wildman–Crippen LogP) is 11.5. The second kappa shape index (κ2) is 11.0. The van der Waals surface area contributed by atoms with E-state index in [-0.39, 0.29) is 0 Å². The Morgan fingerprint density at radius 2 is 0.977 bits per heavy atom. The molecular weight excluding hydrogens is 536 g/mol. The normalized spacial score (nSPS) is 11.2. The molecule has 2 aromatic heterocycles. The Morgan fingerprint density at radius 1 is 0.409 bits per heavy atom. The van der Waals surface area contributed by atoms with Crippen LogP contribution in [0.3, 0.4) is 0 Å². The van der Waals surface area contributed by atoms with Crippen molar-refractivity contribution in [1.29, 1.82) is 0 Å². The molecule has 0 saturated heterocycles. The number of rotatable bonds is 6. The van der Waals surface area contributed by atoms with Crippen molar-refractivity contribution in [3.05, 3.63) is 170 Å². The summed E-state index contributed by atoms with van der Waals surface area (Å²) in [5.74, 6) is 0. The third kappa shape index (κ3) is 4.71. The van der Waals surface area contributed by atoms with Crippen molar-refractivity contribution in [1.82, 2.24) is 4.98 Å². The van der Waals surface area contributed by atoms with Crippen molar-refractivity contribution in [2.45, 2.75) is 0 Å². The van der Waals surface area contributed by atoms with Crippen LogP contribution in [0.25, 0.3) is 55.4 Å². The van der Waals surface area contributed by atoms with E-state index in [9.17, 15) is 0 Å². The zero-order chi connectivity index (χ0) is 29.3. The van der Waals surface area contributed by atoms with E-state index in [2.05, 4.69) is 144 Å². The zero-order valence-corrected chi connectivity index (χ0v) is 24.0. The van der Waals surface area contributed by atoms with Crippen molar-refractivity contribution in [2.75, 3.05) is 4.90 Å². The van der Waals surface area contributed by atoms with E-state index in [1.54, 1.807) is 0 Å². The van der Waals surface area contributed by atoms with E-state index in [1.165, 1.54) is 27.8 Å². The molecule has 8 aromatic rings. The number of hydrogen-bond donors (Lipinski definition) is 0. The van der Waals surface area contributed by atoms with Crippen LogP contribution in [0.2, 0.25) is 0 Å². The van der Waals surface area contributed by atoms with Gasteiger partial charge in [-0.05, 0) is 69.8 Å². The monoisotopic (exact) mass is 564 g/mol. The van der Waals surface area contributed by atoms with E-state index in [1.807, 2.05) is 30.5 Å². The highest BCUT2D eigenvalue weighted by molar-refractivity contribution is 6.03. The van der Waals surface area contributed by atoms with Crippen LogP contribution in [0.5, 0.6) is 0 Å². The first kappa shape index (κ1) is 25.8. The first-order chi connectivity index (χ1) is 21.8. The summed E-state index contributed by atoms with van der Waals surface area (Å²) in [4.78, 5) is 7.18. The van der Waals surface area contributed by atoms with E-state index in [4.69, 9.17) is 9.40 Å². The highest BCUT2D eigenvalue weighted by atomic mass is 16.3. The molecule has 0 spiro atoms. The fourth-order valence-electron chi connectivity index (χ4n) is 5.98. The van der Waals surface area contributed by atoms with Gasteiger partial charge in [0.05, 0.1) is 11.9 Å². The minimum atomic E-state index is 0.763. The summed E-state index contributed by atoms with van der Waals surface area (Å²) < 4.78 is 6.27. The standard InChI is InChI=1S/C41H28N2O/c1-4-12-29(13-5-1)30-20-22-33(23-21-30)43(35-27-40-41(42-28-35)37-18-10-11-19-39(37)44-40)34-24-25-36(31-14-6-2-7-15-31)38(26-34)32-16-8-3-9-17-32/h1-28H. The van der Waals surface area contributed by atoms with Crippen LogP contribution in [-0.4, -0.2) is 4.98 Å². The van der Waals surface area contributed by atoms with Crippen molar-refractivity contribution in [2.24, 2.45) is 0 Å². The number of fused-ring (bicyclic) bond motifs is 3. The highest BCUT2D eigenvalue weighted by Crippen LogP contribution is 2.42. The Morgan fingerprint density at radius 3 is 1.68 bits per heavy atom. The summed E-state index contributed by atoms with van der Waals surface area (Å²) >= 11 is 0. The van der Waals surface area contributed by atoms with Crippen LogP contribution in [-0.2, 0) is 0 Å². The molecule has 6 aromatic carbocycles. The van der Waals surface area contributed by atoms with Gasteiger partial charge in [-0.3, -0.25) is 0 Å². The number of hydrogen-bond acceptors (Lipinski definition) is 3. The maximum Gasteiger partial charge on any atom is 0.155 e. The second-order valence-electron chi connectivity index (χ2n) is 10.8. The van der Waals surface area contributed by atoms with Gasteiger partial charge in [-0.15, -0.1) is 0 Å². The Bertz CT molecular complexity index is 2200. The van der Waals surface area contributed by atoms with Crippen molar-refractivity contribution >= 4 is 39.1 Å². The second-order valence-corrected chi connectivity index (χ2v) is 10.8. The summed E-state index contributed by atoms with van der Waals surface area (Å²) in [6.45, 7) is 0. The lowest BCUT2D eigenvalue weighted by Gasteiger charge is -2.26. The molecular formula is C41H28N2O. The number of para-hydroxylation sites is 1. The number of anilines is 3. The van der Waals surface area contributed by atoms with Gasteiger partial charge >= 0.3 is 0 Å². The Balaban J connectivity index is 1.32. The molecule has 0 amide bonds.